The Morgan fingerprint density at radius 3 is 2.40 bits per heavy atom. The Kier molecular flexibility index (Phi) is 4.19. The van der Waals surface area contributed by atoms with Gasteiger partial charge < -0.3 is 11.1 Å². The van der Waals surface area contributed by atoms with Gasteiger partial charge in [-0.25, -0.2) is 9.97 Å². The van der Waals surface area contributed by atoms with Gasteiger partial charge in [-0.15, -0.1) is 0 Å². The van der Waals surface area contributed by atoms with Crippen molar-refractivity contribution in [3.63, 3.8) is 0 Å². The summed E-state index contributed by atoms with van der Waals surface area (Å²) < 4.78 is 37.4. The van der Waals surface area contributed by atoms with Crippen LogP contribution < -0.4 is 11.1 Å². The summed E-state index contributed by atoms with van der Waals surface area (Å²) in [5.41, 5.74) is 5.82. The van der Waals surface area contributed by atoms with Crippen LogP contribution in [0.2, 0.25) is 0 Å². The van der Waals surface area contributed by atoms with Crippen LogP contribution in [0.3, 0.4) is 0 Å². The predicted octanol–water partition coefficient (Wildman–Crippen LogP) is 2.53. The van der Waals surface area contributed by atoms with Crippen molar-refractivity contribution < 1.29 is 13.2 Å². The van der Waals surface area contributed by atoms with E-state index < -0.39 is 11.7 Å². The second kappa shape index (κ2) is 5.87. The summed E-state index contributed by atoms with van der Waals surface area (Å²) in [6.45, 7) is 0.963. The molecule has 3 N–H and O–H groups in total. The first-order chi connectivity index (χ1) is 9.50. The van der Waals surface area contributed by atoms with Crippen molar-refractivity contribution in [3.05, 3.63) is 42.1 Å². The first-order valence-corrected chi connectivity index (χ1v) is 5.95. The fourth-order valence-corrected chi connectivity index (χ4v) is 1.62. The number of nitrogens with one attached hydrogen (secondary N) is 1. The molecule has 4 nitrogen and oxygen atoms in total. The molecule has 2 aromatic rings. The van der Waals surface area contributed by atoms with Gasteiger partial charge >= 0.3 is 6.18 Å². The Hall–Kier alpha value is -2.15. The zero-order chi connectivity index (χ0) is 14.6. The van der Waals surface area contributed by atoms with Gasteiger partial charge in [-0.2, -0.15) is 13.2 Å². The highest BCUT2D eigenvalue weighted by Gasteiger charge is 2.29. The third-order valence-corrected chi connectivity index (χ3v) is 2.59. The van der Waals surface area contributed by atoms with Crippen LogP contribution in [0.15, 0.2) is 36.5 Å². The molecule has 1 aromatic heterocycles. The van der Waals surface area contributed by atoms with Crippen molar-refractivity contribution in [1.82, 2.24) is 9.97 Å². The first kappa shape index (κ1) is 14.3. The molecule has 0 bridgehead atoms. The van der Waals surface area contributed by atoms with E-state index in [0.29, 0.717) is 30.3 Å². The van der Waals surface area contributed by atoms with Gasteiger partial charge in [0, 0.05) is 24.8 Å². The second-order valence-electron chi connectivity index (χ2n) is 4.06. The Labute approximate surface area is 113 Å². The maximum absolute atomic E-state index is 12.5. The van der Waals surface area contributed by atoms with Gasteiger partial charge in [0.1, 0.15) is 0 Å². The molecule has 0 radical (unpaired) electrons. The lowest BCUT2D eigenvalue weighted by molar-refractivity contribution is -0.137. The van der Waals surface area contributed by atoms with Crippen LogP contribution in [0.1, 0.15) is 5.56 Å². The van der Waals surface area contributed by atoms with E-state index in [0.717, 1.165) is 12.1 Å². The summed E-state index contributed by atoms with van der Waals surface area (Å²) in [4.78, 5) is 8.21. The van der Waals surface area contributed by atoms with E-state index in [2.05, 4.69) is 15.3 Å². The normalized spacial score (nSPS) is 11.4. The van der Waals surface area contributed by atoms with Gasteiger partial charge in [-0.3, -0.25) is 0 Å². The van der Waals surface area contributed by atoms with E-state index in [-0.39, 0.29) is 0 Å². The van der Waals surface area contributed by atoms with Gasteiger partial charge in [0.05, 0.1) is 11.3 Å². The van der Waals surface area contributed by atoms with E-state index in [1.807, 2.05) is 0 Å². The summed E-state index contributed by atoms with van der Waals surface area (Å²) >= 11 is 0. The molecule has 1 aromatic carbocycles. The summed E-state index contributed by atoms with van der Waals surface area (Å²) in [7, 11) is 0. The minimum atomic E-state index is -4.34. The molecule has 0 aliphatic rings. The Morgan fingerprint density at radius 1 is 1.10 bits per heavy atom. The number of benzene rings is 1. The van der Waals surface area contributed by atoms with Crippen LogP contribution in [0.5, 0.6) is 0 Å². The van der Waals surface area contributed by atoms with Crippen molar-refractivity contribution >= 4 is 5.95 Å². The Balaban J connectivity index is 2.23. The minimum absolute atomic E-state index is 0.396. The van der Waals surface area contributed by atoms with E-state index in [4.69, 9.17) is 5.73 Å². The van der Waals surface area contributed by atoms with Crippen molar-refractivity contribution in [2.45, 2.75) is 6.18 Å². The van der Waals surface area contributed by atoms with Crippen molar-refractivity contribution in [1.29, 1.82) is 0 Å². The molecule has 0 fully saturated rings. The number of nitrogens with zero attached hydrogens (tertiary/aromatic N) is 2. The molecule has 0 saturated carbocycles. The molecule has 1 heterocycles. The van der Waals surface area contributed by atoms with Gasteiger partial charge in [0.15, 0.2) is 0 Å². The smallest absolute Gasteiger partial charge is 0.353 e. The van der Waals surface area contributed by atoms with Gasteiger partial charge in [-0.05, 0) is 18.2 Å². The van der Waals surface area contributed by atoms with E-state index in [1.165, 1.54) is 12.1 Å². The lowest BCUT2D eigenvalue weighted by Crippen LogP contribution is -2.14. The molecule has 0 spiro atoms. The van der Waals surface area contributed by atoms with Gasteiger partial charge in [0.2, 0.25) is 5.95 Å². The molecule has 0 amide bonds. The highest BCUT2D eigenvalue weighted by Crippen LogP contribution is 2.30. The lowest BCUT2D eigenvalue weighted by atomic mass is 10.1. The summed E-state index contributed by atoms with van der Waals surface area (Å²) in [5.74, 6) is 0.396. The number of rotatable bonds is 4. The number of nitrogens with two attached hydrogens (primary N) is 1. The van der Waals surface area contributed by atoms with Crippen molar-refractivity contribution in [3.8, 4) is 11.3 Å². The molecule has 0 aliphatic carbocycles. The fourth-order valence-electron chi connectivity index (χ4n) is 1.62. The quantitative estimate of drug-likeness (QED) is 0.904. The maximum Gasteiger partial charge on any atom is 0.416 e. The lowest BCUT2D eigenvalue weighted by Gasteiger charge is -2.08. The van der Waals surface area contributed by atoms with Gasteiger partial charge in [-0.1, -0.05) is 12.1 Å². The van der Waals surface area contributed by atoms with Crippen LogP contribution in [0, 0.1) is 0 Å². The van der Waals surface area contributed by atoms with E-state index in [1.54, 1.807) is 12.3 Å². The SMILES string of the molecule is NCCNc1nccc(-c2ccc(C(F)(F)F)cc2)n1. The molecule has 0 saturated heterocycles. The number of hydrogen-bond acceptors (Lipinski definition) is 4. The zero-order valence-electron chi connectivity index (χ0n) is 10.5. The molecule has 0 atom stereocenters. The van der Waals surface area contributed by atoms with Crippen LogP contribution in [0.4, 0.5) is 19.1 Å². The number of alkyl halides is 3. The third kappa shape index (κ3) is 3.45. The molecular formula is C13H13F3N4. The number of anilines is 1. The average Bonchev–Trinajstić information content (AvgIpc) is 2.45. The Morgan fingerprint density at radius 2 is 1.80 bits per heavy atom. The van der Waals surface area contributed by atoms with Crippen LogP contribution in [0.25, 0.3) is 11.3 Å². The minimum Gasteiger partial charge on any atom is -0.353 e. The number of halogens is 3. The largest absolute Gasteiger partial charge is 0.416 e. The van der Waals surface area contributed by atoms with Crippen molar-refractivity contribution in [2.75, 3.05) is 18.4 Å². The Bertz CT molecular complexity index is 567. The number of aromatic nitrogens is 2. The molecule has 106 valence electrons. The third-order valence-electron chi connectivity index (χ3n) is 2.59. The second-order valence-corrected chi connectivity index (χ2v) is 4.06. The molecule has 2 rings (SSSR count). The zero-order valence-corrected chi connectivity index (χ0v) is 10.5. The molecule has 0 unspecified atom stereocenters. The molecule has 0 aliphatic heterocycles. The van der Waals surface area contributed by atoms with Crippen LogP contribution in [-0.2, 0) is 6.18 Å². The van der Waals surface area contributed by atoms with Crippen LogP contribution >= 0.6 is 0 Å². The maximum atomic E-state index is 12.5. The van der Waals surface area contributed by atoms with Gasteiger partial charge in [0.25, 0.3) is 0 Å². The average molecular weight is 282 g/mol. The topological polar surface area (TPSA) is 63.8 Å². The summed E-state index contributed by atoms with van der Waals surface area (Å²) in [6, 6.07) is 6.47. The van der Waals surface area contributed by atoms with E-state index >= 15 is 0 Å². The molecule has 7 heteroatoms. The first-order valence-electron chi connectivity index (χ1n) is 5.95. The predicted molar refractivity (Wildman–Crippen MR) is 70.0 cm³/mol. The monoisotopic (exact) mass is 282 g/mol. The van der Waals surface area contributed by atoms with Crippen molar-refractivity contribution in [2.24, 2.45) is 5.73 Å². The highest BCUT2D eigenvalue weighted by atomic mass is 19.4. The molecule has 20 heavy (non-hydrogen) atoms. The number of hydrogen-bond donors (Lipinski definition) is 2. The summed E-state index contributed by atoms with van der Waals surface area (Å²) in [5, 5.41) is 2.91. The van der Waals surface area contributed by atoms with E-state index in [9.17, 15) is 13.2 Å². The highest BCUT2D eigenvalue weighted by molar-refractivity contribution is 5.60. The summed E-state index contributed by atoms with van der Waals surface area (Å²) in [6.07, 6.45) is -2.79. The van der Waals surface area contributed by atoms with Crippen LogP contribution in [-0.4, -0.2) is 23.1 Å². The standard InChI is InChI=1S/C13H13F3N4/c14-13(15,16)10-3-1-9(2-4-10)11-5-7-18-12(20-11)19-8-6-17/h1-5,7H,6,8,17H2,(H,18,19,20). The molecular weight excluding hydrogens is 269 g/mol. The fraction of sp³-hybridized carbons (Fsp3) is 0.231.